The van der Waals surface area contributed by atoms with Gasteiger partial charge in [0.05, 0.1) is 0 Å². The molecule has 0 saturated carbocycles. The van der Waals surface area contributed by atoms with Crippen LogP contribution in [0.1, 0.15) is 18.4 Å². The van der Waals surface area contributed by atoms with Gasteiger partial charge in [0.25, 0.3) is 0 Å². The lowest BCUT2D eigenvalue weighted by Gasteiger charge is -2.26. The van der Waals surface area contributed by atoms with Crippen molar-refractivity contribution < 1.29 is 0 Å². The van der Waals surface area contributed by atoms with E-state index in [1.807, 2.05) is 0 Å². The molecule has 9 aromatic carbocycles. The van der Waals surface area contributed by atoms with E-state index in [0.717, 1.165) is 29.9 Å². The third-order valence-electron chi connectivity index (χ3n) is 11.1. The highest BCUT2D eigenvalue weighted by atomic mass is 15.1. The van der Waals surface area contributed by atoms with Crippen molar-refractivity contribution in [3.63, 3.8) is 0 Å². The molecule has 0 radical (unpaired) electrons. The molecule has 0 N–H and O–H groups in total. The zero-order chi connectivity index (χ0) is 36.6. The summed E-state index contributed by atoms with van der Waals surface area (Å²) in [5.74, 6) is 0. The van der Waals surface area contributed by atoms with Crippen LogP contribution in [-0.4, -0.2) is 0 Å². The van der Waals surface area contributed by atoms with Crippen molar-refractivity contribution in [1.82, 2.24) is 0 Å². The summed E-state index contributed by atoms with van der Waals surface area (Å²) in [6.45, 7) is 0. The van der Waals surface area contributed by atoms with Gasteiger partial charge in [-0.05, 0) is 138 Å². The summed E-state index contributed by atoms with van der Waals surface area (Å²) >= 11 is 0. The van der Waals surface area contributed by atoms with Crippen LogP contribution in [0.2, 0.25) is 0 Å². The van der Waals surface area contributed by atoms with Crippen molar-refractivity contribution in [2.45, 2.75) is 12.8 Å². The topological polar surface area (TPSA) is 3.24 Å². The van der Waals surface area contributed by atoms with Crippen molar-refractivity contribution in [2.75, 3.05) is 4.90 Å². The van der Waals surface area contributed by atoms with Crippen LogP contribution < -0.4 is 4.90 Å². The molecule has 0 atom stereocenters. The van der Waals surface area contributed by atoms with Gasteiger partial charge in [0.2, 0.25) is 0 Å². The molecule has 0 amide bonds. The molecule has 1 aliphatic carbocycles. The van der Waals surface area contributed by atoms with Crippen LogP contribution in [0, 0.1) is 0 Å². The van der Waals surface area contributed by atoms with E-state index in [1.54, 1.807) is 0 Å². The van der Waals surface area contributed by atoms with E-state index in [0.29, 0.717) is 0 Å². The average Bonchev–Trinajstić information content (AvgIpc) is 3.28. The quantitative estimate of drug-likeness (QED) is 0.150. The summed E-state index contributed by atoms with van der Waals surface area (Å²) in [6, 6.07) is 71.0. The Labute approximate surface area is 322 Å². The number of rotatable bonds is 7. The predicted octanol–water partition coefficient (Wildman–Crippen LogP) is 15.4. The molecule has 0 spiro atoms. The lowest BCUT2D eigenvalue weighted by molar-refractivity contribution is 1.04. The van der Waals surface area contributed by atoms with Crippen LogP contribution >= 0.6 is 0 Å². The highest BCUT2D eigenvalue weighted by Crippen LogP contribution is 2.41. The Kier molecular flexibility index (Phi) is 8.39. The third kappa shape index (κ3) is 6.20. The molecule has 1 heteroatoms. The Hall–Kier alpha value is -6.96. The van der Waals surface area contributed by atoms with E-state index in [1.165, 1.54) is 76.8 Å². The Morgan fingerprint density at radius 1 is 0.291 bits per heavy atom. The lowest BCUT2D eigenvalue weighted by atomic mass is 9.90. The van der Waals surface area contributed by atoms with Crippen LogP contribution in [-0.2, 0) is 0 Å². The molecule has 1 nitrogen and oxygen atoms in total. The summed E-state index contributed by atoms with van der Waals surface area (Å²) < 4.78 is 0. The van der Waals surface area contributed by atoms with Crippen molar-refractivity contribution >= 4 is 55.0 Å². The zero-order valence-corrected chi connectivity index (χ0v) is 30.6. The van der Waals surface area contributed by atoms with Gasteiger partial charge >= 0.3 is 0 Å². The molecular weight excluding hydrogens is 663 g/mol. The maximum atomic E-state index is 2.38. The Balaban J connectivity index is 1.03. The van der Waals surface area contributed by atoms with Crippen molar-refractivity contribution in [1.29, 1.82) is 0 Å². The highest BCUT2D eigenvalue weighted by molar-refractivity contribution is 6.26. The number of hydrogen-bond donors (Lipinski definition) is 0. The summed E-state index contributed by atoms with van der Waals surface area (Å²) in [7, 11) is 0. The van der Waals surface area contributed by atoms with E-state index in [4.69, 9.17) is 0 Å². The molecule has 0 aromatic heterocycles. The zero-order valence-electron chi connectivity index (χ0n) is 30.6. The second-order valence-corrected chi connectivity index (χ2v) is 14.4. The standard InChI is InChI=1S/C54H39N/c1-4-12-38(13-5-1)41-20-28-46(29-21-41)55(47-30-22-42(23-31-47)39-14-6-2-7-15-39)48-32-24-43(25-33-48)45-27-35-52-51-34-26-44(40-16-8-3-9-17-40)36-53(51)49-18-10-11-19-50(49)54(52)37-45/h1,3-6,8-37H,2,7H2. The summed E-state index contributed by atoms with van der Waals surface area (Å²) in [5.41, 5.74) is 13.2. The smallest absolute Gasteiger partial charge is 0.0462 e. The number of fused-ring (bicyclic) bond motifs is 6. The lowest BCUT2D eigenvalue weighted by Crippen LogP contribution is -2.10. The maximum absolute atomic E-state index is 2.38. The molecule has 0 fully saturated rings. The minimum atomic E-state index is 1.10. The van der Waals surface area contributed by atoms with Gasteiger partial charge in [0, 0.05) is 17.1 Å². The van der Waals surface area contributed by atoms with Crippen molar-refractivity contribution in [2.24, 2.45) is 0 Å². The molecule has 0 bridgehead atoms. The summed E-state index contributed by atoms with van der Waals surface area (Å²) in [6.07, 6.45) is 9.07. The molecule has 0 saturated heterocycles. The van der Waals surface area contributed by atoms with Gasteiger partial charge in [0.1, 0.15) is 0 Å². The summed E-state index contributed by atoms with van der Waals surface area (Å²) in [4.78, 5) is 2.36. The number of anilines is 3. The third-order valence-corrected chi connectivity index (χ3v) is 11.1. The number of benzene rings is 9. The second-order valence-electron chi connectivity index (χ2n) is 14.4. The largest absolute Gasteiger partial charge is 0.311 e. The van der Waals surface area contributed by atoms with Crippen molar-refractivity contribution in [3.8, 4) is 33.4 Å². The Morgan fingerprint density at radius 3 is 1.15 bits per heavy atom. The first-order valence-electron chi connectivity index (χ1n) is 19.2. The summed E-state index contributed by atoms with van der Waals surface area (Å²) in [5, 5.41) is 7.69. The monoisotopic (exact) mass is 701 g/mol. The van der Waals surface area contributed by atoms with E-state index < -0.39 is 0 Å². The molecule has 1 aliphatic rings. The van der Waals surface area contributed by atoms with E-state index in [9.17, 15) is 0 Å². The number of nitrogens with zero attached hydrogens (tertiary/aromatic N) is 1. The van der Waals surface area contributed by atoms with Gasteiger partial charge in [-0.1, -0.05) is 164 Å². The molecule has 0 unspecified atom stereocenters. The normalized spacial score (nSPS) is 12.6. The number of hydrogen-bond acceptors (Lipinski definition) is 1. The molecule has 10 rings (SSSR count). The van der Waals surface area contributed by atoms with Crippen LogP contribution in [0.15, 0.2) is 212 Å². The first-order valence-corrected chi connectivity index (χ1v) is 19.2. The minimum Gasteiger partial charge on any atom is -0.311 e. The molecule has 0 aliphatic heterocycles. The number of allylic oxidation sites excluding steroid dienone is 4. The SMILES string of the molecule is C1=CC(c2ccc(N(c3ccc(-c4ccccc4)cc3)c3ccc(-c4ccc5c6ccc(-c7ccccc7)cc6c6ccccc6c5c4)cc3)cc2)=CCC1. The van der Waals surface area contributed by atoms with Gasteiger partial charge in [-0.3, -0.25) is 0 Å². The fraction of sp³-hybridized carbons (Fsp3) is 0.0370. The molecule has 260 valence electrons. The second kappa shape index (κ2) is 14.1. The predicted molar refractivity (Wildman–Crippen MR) is 236 cm³/mol. The first kappa shape index (κ1) is 32.7. The van der Waals surface area contributed by atoms with Gasteiger partial charge in [-0.25, -0.2) is 0 Å². The van der Waals surface area contributed by atoms with E-state index in [2.05, 4.69) is 217 Å². The van der Waals surface area contributed by atoms with E-state index in [-0.39, 0.29) is 0 Å². The van der Waals surface area contributed by atoms with Crippen LogP contribution in [0.25, 0.3) is 71.3 Å². The van der Waals surface area contributed by atoms with Gasteiger partial charge in [-0.15, -0.1) is 0 Å². The molecule has 55 heavy (non-hydrogen) atoms. The van der Waals surface area contributed by atoms with Gasteiger partial charge in [-0.2, -0.15) is 0 Å². The van der Waals surface area contributed by atoms with Crippen LogP contribution in [0.5, 0.6) is 0 Å². The van der Waals surface area contributed by atoms with Crippen molar-refractivity contribution in [3.05, 3.63) is 218 Å². The van der Waals surface area contributed by atoms with Crippen LogP contribution in [0.4, 0.5) is 17.1 Å². The molecule has 9 aromatic rings. The average molecular weight is 702 g/mol. The minimum absolute atomic E-state index is 1.10. The fourth-order valence-corrected chi connectivity index (χ4v) is 8.26. The highest BCUT2D eigenvalue weighted by Gasteiger charge is 2.15. The maximum Gasteiger partial charge on any atom is 0.0462 e. The molecular formula is C54H39N. The Bertz CT molecular complexity index is 2840. The first-order chi connectivity index (χ1) is 27.3. The van der Waals surface area contributed by atoms with Gasteiger partial charge in [0.15, 0.2) is 0 Å². The fourth-order valence-electron chi connectivity index (χ4n) is 8.26. The molecule has 0 heterocycles. The van der Waals surface area contributed by atoms with Crippen LogP contribution in [0.3, 0.4) is 0 Å². The Morgan fingerprint density at radius 2 is 0.673 bits per heavy atom. The van der Waals surface area contributed by atoms with E-state index >= 15 is 0 Å². The van der Waals surface area contributed by atoms with Gasteiger partial charge < -0.3 is 4.90 Å².